The number of ether oxygens (including phenoxy) is 1. The van der Waals surface area contributed by atoms with Crippen molar-refractivity contribution in [1.29, 1.82) is 5.26 Å². The fourth-order valence-corrected chi connectivity index (χ4v) is 5.02. The first-order chi connectivity index (χ1) is 17.9. The summed E-state index contributed by atoms with van der Waals surface area (Å²) >= 11 is 0. The van der Waals surface area contributed by atoms with Gasteiger partial charge in [0.2, 0.25) is 5.91 Å². The van der Waals surface area contributed by atoms with Gasteiger partial charge in [-0.15, -0.1) is 0 Å². The molecule has 9 heteroatoms. The molecule has 0 radical (unpaired) electrons. The van der Waals surface area contributed by atoms with E-state index >= 15 is 0 Å². The second-order valence-electron chi connectivity index (χ2n) is 9.95. The van der Waals surface area contributed by atoms with Crippen LogP contribution in [0.5, 0.6) is 5.75 Å². The number of anilines is 1. The lowest BCUT2D eigenvalue weighted by molar-refractivity contribution is -0.123. The van der Waals surface area contributed by atoms with Crippen molar-refractivity contribution >= 4 is 28.4 Å². The third-order valence-electron chi connectivity index (χ3n) is 7.24. The predicted octanol–water partition coefficient (Wildman–Crippen LogP) is 3.08. The van der Waals surface area contributed by atoms with Gasteiger partial charge in [0, 0.05) is 22.5 Å². The van der Waals surface area contributed by atoms with E-state index in [-0.39, 0.29) is 18.2 Å². The second-order valence-corrected chi connectivity index (χ2v) is 9.95. The van der Waals surface area contributed by atoms with Gasteiger partial charge in [0.1, 0.15) is 29.8 Å². The highest BCUT2D eigenvalue weighted by atomic mass is 16.5. The molecular formula is C28H31N5O4. The van der Waals surface area contributed by atoms with Gasteiger partial charge in [0.15, 0.2) is 0 Å². The first-order valence-electron chi connectivity index (χ1n) is 12.6. The molecule has 0 spiro atoms. The number of aromatic amines is 1. The number of carbonyl (C=O) groups excluding carboxylic acids is 2. The first kappa shape index (κ1) is 24.7. The number of hydrogen-bond acceptors (Lipinski definition) is 6. The van der Waals surface area contributed by atoms with Crippen LogP contribution in [0.25, 0.3) is 10.9 Å². The van der Waals surface area contributed by atoms with Gasteiger partial charge in [-0.05, 0) is 55.0 Å². The quantitative estimate of drug-likeness (QED) is 0.305. The zero-order valence-electron chi connectivity index (χ0n) is 20.7. The number of rotatable bonds is 9. The molecule has 3 aromatic rings. The Morgan fingerprint density at radius 1 is 1.16 bits per heavy atom. The van der Waals surface area contributed by atoms with Crippen LogP contribution < -0.4 is 20.7 Å². The number of aliphatic hydroxyl groups is 1. The number of fused-ring (bicyclic) bond motifs is 2. The Hall–Kier alpha value is -4.03. The van der Waals surface area contributed by atoms with Crippen molar-refractivity contribution in [3.05, 3.63) is 59.8 Å². The molecule has 37 heavy (non-hydrogen) atoms. The van der Waals surface area contributed by atoms with Gasteiger partial charge in [-0.2, -0.15) is 5.26 Å². The zero-order chi connectivity index (χ0) is 25.9. The van der Waals surface area contributed by atoms with Crippen molar-refractivity contribution < 1.29 is 19.4 Å². The lowest BCUT2D eigenvalue weighted by atomic mass is 9.87. The highest BCUT2D eigenvalue weighted by Crippen LogP contribution is 2.34. The lowest BCUT2D eigenvalue weighted by Gasteiger charge is -2.32. The average molecular weight is 502 g/mol. The molecule has 1 aliphatic heterocycles. The molecule has 2 aliphatic rings. The van der Waals surface area contributed by atoms with E-state index in [2.05, 4.69) is 27.0 Å². The van der Waals surface area contributed by atoms with Crippen LogP contribution in [0.2, 0.25) is 0 Å². The molecule has 2 amide bonds. The van der Waals surface area contributed by atoms with Crippen LogP contribution in [0.3, 0.4) is 0 Å². The van der Waals surface area contributed by atoms with Crippen LogP contribution in [-0.4, -0.2) is 47.3 Å². The van der Waals surface area contributed by atoms with Crippen LogP contribution in [0.4, 0.5) is 5.69 Å². The summed E-state index contributed by atoms with van der Waals surface area (Å²) in [5, 5.41) is 29.9. The van der Waals surface area contributed by atoms with Crippen molar-refractivity contribution in [1.82, 2.24) is 15.6 Å². The minimum absolute atomic E-state index is 0.238. The van der Waals surface area contributed by atoms with Crippen LogP contribution in [0.1, 0.15) is 41.7 Å². The largest absolute Gasteiger partial charge is 0.496 e. The molecule has 1 aromatic heterocycles. The molecular weight excluding hydrogens is 470 g/mol. The van der Waals surface area contributed by atoms with Crippen LogP contribution in [0.15, 0.2) is 48.5 Å². The summed E-state index contributed by atoms with van der Waals surface area (Å²) < 4.78 is 5.38. The van der Waals surface area contributed by atoms with Crippen LogP contribution >= 0.6 is 0 Å². The topological polar surface area (TPSA) is 139 Å². The molecule has 1 unspecified atom stereocenters. The number of nitrogens with zero attached hydrogens (tertiary/aromatic N) is 1. The minimum Gasteiger partial charge on any atom is -0.496 e. The maximum Gasteiger partial charge on any atom is 0.268 e. The van der Waals surface area contributed by atoms with Gasteiger partial charge in [-0.1, -0.05) is 37.1 Å². The smallest absolute Gasteiger partial charge is 0.268 e. The molecule has 2 heterocycles. The van der Waals surface area contributed by atoms with Gasteiger partial charge in [-0.25, -0.2) is 0 Å². The van der Waals surface area contributed by atoms with Crippen molar-refractivity contribution in [2.24, 2.45) is 11.8 Å². The molecule has 5 N–H and O–H groups in total. The van der Waals surface area contributed by atoms with E-state index in [0.717, 1.165) is 35.0 Å². The highest BCUT2D eigenvalue weighted by Gasteiger charge is 2.34. The van der Waals surface area contributed by atoms with Crippen molar-refractivity contribution in [2.75, 3.05) is 12.4 Å². The number of nitriles is 1. The lowest BCUT2D eigenvalue weighted by Crippen LogP contribution is -2.50. The summed E-state index contributed by atoms with van der Waals surface area (Å²) in [4.78, 5) is 29.4. The Morgan fingerprint density at radius 3 is 2.73 bits per heavy atom. The molecule has 5 rings (SSSR count). The summed E-state index contributed by atoms with van der Waals surface area (Å²) in [6.45, 7) is 0. The number of methoxy groups -OCH3 is 1. The Morgan fingerprint density at radius 2 is 1.97 bits per heavy atom. The monoisotopic (exact) mass is 501 g/mol. The molecule has 1 aliphatic carbocycles. The van der Waals surface area contributed by atoms with E-state index in [1.54, 1.807) is 13.2 Å². The number of amides is 2. The molecule has 1 fully saturated rings. The Balaban J connectivity index is 1.25. The Bertz CT molecular complexity index is 1340. The summed E-state index contributed by atoms with van der Waals surface area (Å²) in [5.74, 6) is 0.00656. The average Bonchev–Trinajstić information content (AvgIpc) is 3.61. The standard InChI is InChI=1S/C28H31N5O4/c1-37-25-8-4-7-22-20(25)14-24(31-22)28(36)33-23(11-16-9-10-16)27(35)30-19(15-29)13-18-12-17-5-2-3-6-21(17)32-26(18)34/h2-8,14,16,18-19,23,26,31-32,34H,9-13H2,1H3,(H,30,35)(H,33,36)/t18-,19-,23-,26?/m0/s1. The summed E-state index contributed by atoms with van der Waals surface area (Å²) in [7, 11) is 1.57. The SMILES string of the molecule is COc1cccc2[nH]c(C(=O)N[C@@H](CC3CC3)C(=O)N[C@H](C#N)C[C@@H]3Cc4ccccc4NC3O)cc12. The number of aliphatic hydroxyl groups excluding tert-OH is 1. The maximum absolute atomic E-state index is 13.3. The fraction of sp³-hybridized carbons (Fsp3) is 0.393. The number of carbonyl (C=O) groups is 2. The van der Waals surface area contributed by atoms with Gasteiger partial charge in [0.25, 0.3) is 5.91 Å². The number of para-hydroxylation sites is 1. The third kappa shape index (κ3) is 5.54. The second kappa shape index (κ2) is 10.5. The van der Waals surface area contributed by atoms with E-state index in [4.69, 9.17) is 4.74 Å². The van der Waals surface area contributed by atoms with E-state index in [1.807, 2.05) is 42.5 Å². The predicted molar refractivity (Wildman–Crippen MR) is 139 cm³/mol. The first-order valence-corrected chi connectivity index (χ1v) is 12.6. The summed E-state index contributed by atoms with van der Waals surface area (Å²) in [6.07, 6.45) is 2.62. The zero-order valence-corrected chi connectivity index (χ0v) is 20.7. The van der Waals surface area contributed by atoms with Gasteiger partial charge >= 0.3 is 0 Å². The number of H-pyrrole nitrogens is 1. The summed E-state index contributed by atoms with van der Waals surface area (Å²) in [6, 6.07) is 15.6. The molecule has 0 bridgehead atoms. The van der Waals surface area contributed by atoms with E-state index in [9.17, 15) is 20.0 Å². The van der Waals surface area contributed by atoms with E-state index < -0.39 is 24.2 Å². The fourth-order valence-electron chi connectivity index (χ4n) is 5.02. The van der Waals surface area contributed by atoms with Crippen LogP contribution in [0, 0.1) is 23.2 Å². The molecule has 2 aromatic carbocycles. The number of nitrogens with one attached hydrogen (secondary N) is 4. The van der Waals surface area contributed by atoms with Crippen molar-refractivity contribution in [2.45, 2.75) is 50.4 Å². The highest BCUT2D eigenvalue weighted by molar-refractivity contribution is 6.01. The van der Waals surface area contributed by atoms with E-state index in [0.29, 0.717) is 30.2 Å². The molecule has 9 nitrogen and oxygen atoms in total. The minimum atomic E-state index is -0.816. The summed E-state index contributed by atoms with van der Waals surface area (Å²) in [5.41, 5.74) is 3.04. The van der Waals surface area contributed by atoms with E-state index in [1.165, 1.54) is 0 Å². The molecule has 192 valence electrons. The number of hydrogen-bond donors (Lipinski definition) is 5. The van der Waals surface area contributed by atoms with Crippen molar-refractivity contribution in [3.8, 4) is 11.8 Å². The normalized spacial score (nSPS) is 20.1. The number of aromatic nitrogens is 1. The van der Waals surface area contributed by atoms with Gasteiger partial charge in [0.05, 0.1) is 13.2 Å². The van der Waals surface area contributed by atoms with Crippen molar-refractivity contribution in [3.63, 3.8) is 0 Å². The molecule has 1 saturated carbocycles. The van der Waals surface area contributed by atoms with Gasteiger partial charge in [-0.3, -0.25) is 9.59 Å². The maximum atomic E-state index is 13.3. The Kier molecular flexibility index (Phi) is 7.01. The van der Waals surface area contributed by atoms with Gasteiger partial charge < -0.3 is 30.8 Å². The van der Waals surface area contributed by atoms with Crippen LogP contribution in [-0.2, 0) is 11.2 Å². The molecule has 4 atom stereocenters. The molecule has 0 saturated heterocycles. The third-order valence-corrected chi connectivity index (χ3v) is 7.24. The number of benzene rings is 2. The Labute approximate surface area is 215 Å².